The molecule has 3 rings (SSSR count). The maximum Gasteiger partial charge on any atom is 0.123 e. The van der Waals surface area contributed by atoms with Gasteiger partial charge in [0, 0.05) is 24.8 Å². The highest BCUT2D eigenvalue weighted by atomic mass is 19.1. The number of ether oxygens (including phenoxy) is 1. The summed E-state index contributed by atoms with van der Waals surface area (Å²) in [4.78, 5) is 0. The van der Waals surface area contributed by atoms with Crippen molar-refractivity contribution >= 4 is 5.69 Å². The van der Waals surface area contributed by atoms with Crippen LogP contribution >= 0.6 is 0 Å². The van der Waals surface area contributed by atoms with Gasteiger partial charge in [-0.15, -0.1) is 0 Å². The van der Waals surface area contributed by atoms with E-state index in [0.717, 1.165) is 51.1 Å². The van der Waals surface area contributed by atoms with E-state index in [-0.39, 0.29) is 18.0 Å². The molecule has 1 saturated carbocycles. The molecule has 4 nitrogen and oxygen atoms in total. The number of rotatable bonds is 5. The summed E-state index contributed by atoms with van der Waals surface area (Å²) in [5, 5.41) is 18.1. The van der Waals surface area contributed by atoms with Gasteiger partial charge in [0.1, 0.15) is 11.4 Å². The van der Waals surface area contributed by atoms with Gasteiger partial charge in [0.25, 0.3) is 0 Å². The predicted octanol–water partition coefficient (Wildman–Crippen LogP) is 2.54. The van der Waals surface area contributed by atoms with E-state index in [0.29, 0.717) is 5.92 Å². The average Bonchev–Trinajstić information content (AvgIpc) is 2.56. The van der Waals surface area contributed by atoms with E-state index in [1.165, 1.54) is 12.1 Å². The third kappa shape index (κ3) is 3.52. The number of nitrogens with one attached hydrogen (secondary N) is 2. The summed E-state index contributed by atoms with van der Waals surface area (Å²) < 4.78 is 19.1. The molecule has 0 bridgehead atoms. The maximum atomic E-state index is 13.1. The van der Waals surface area contributed by atoms with Crippen molar-refractivity contribution in [3.8, 4) is 0 Å². The zero-order chi connectivity index (χ0) is 16.3. The molecule has 3 N–H and O–H groups in total. The minimum absolute atomic E-state index is 0.0591. The van der Waals surface area contributed by atoms with Crippen LogP contribution in [0.2, 0.25) is 0 Å². The van der Waals surface area contributed by atoms with Crippen LogP contribution in [0.15, 0.2) is 24.3 Å². The van der Waals surface area contributed by atoms with Crippen LogP contribution in [0.3, 0.4) is 0 Å². The highest BCUT2D eigenvalue weighted by Crippen LogP contribution is 2.41. The van der Waals surface area contributed by atoms with Gasteiger partial charge < -0.3 is 20.5 Å². The van der Waals surface area contributed by atoms with Crippen LogP contribution < -0.4 is 10.6 Å². The summed E-state index contributed by atoms with van der Waals surface area (Å²) in [7, 11) is 0. The van der Waals surface area contributed by atoms with E-state index >= 15 is 0 Å². The third-order valence-electron chi connectivity index (χ3n) is 5.21. The molecular formula is C18H27FN2O2. The first-order valence-corrected chi connectivity index (χ1v) is 8.70. The molecule has 0 unspecified atom stereocenters. The van der Waals surface area contributed by atoms with Gasteiger partial charge in [0.2, 0.25) is 0 Å². The molecule has 128 valence electrons. The summed E-state index contributed by atoms with van der Waals surface area (Å²) >= 11 is 0. The van der Waals surface area contributed by atoms with E-state index in [4.69, 9.17) is 4.74 Å². The summed E-state index contributed by atoms with van der Waals surface area (Å²) in [5.41, 5.74) is -0.00962. The molecule has 2 fully saturated rings. The van der Waals surface area contributed by atoms with Crippen molar-refractivity contribution in [2.45, 2.75) is 50.4 Å². The van der Waals surface area contributed by atoms with E-state index in [2.05, 4.69) is 17.6 Å². The Kier molecular flexibility index (Phi) is 5.19. The van der Waals surface area contributed by atoms with Gasteiger partial charge in [-0.25, -0.2) is 4.39 Å². The van der Waals surface area contributed by atoms with E-state index in [1.54, 1.807) is 12.1 Å². The zero-order valence-corrected chi connectivity index (χ0v) is 13.7. The Morgan fingerprint density at radius 2 is 2.09 bits per heavy atom. The lowest BCUT2D eigenvalue weighted by molar-refractivity contribution is -0.189. The first-order valence-electron chi connectivity index (χ1n) is 8.70. The van der Waals surface area contributed by atoms with Crippen LogP contribution in [0.4, 0.5) is 10.1 Å². The molecule has 0 aromatic heterocycles. The minimum Gasteiger partial charge on any atom is -0.385 e. The van der Waals surface area contributed by atoms with Crippen molar-refractivity contribution in [2.75, 3.05) is 25.0 Å². The fraction of sp³-hybridized carbons (Fsp3) is 0.667. The third-order valence-corrected chi connectivity index (χ3v) is 5.21. The molecule has 4 atom stereocenters. The smallest absolute Gasteiger partial charge is 0.123 e. The Labute approximate surface area is 137 Å². The summed E-state index contributed by atoms with van der Waals surface area (Å²) in [6, 6.07) is 6.27. The molecular weight excluding hydrogens is 295 g/mol. The number of fused-ring (bicyclic) bond motifs is 1. The normalized spacial score (nSPS) is 34.0. The molecule has 1 saturated heterocycles. The number of hydrogen-bond donors (Lipinski definition) is 3. The Bertz CT molecular complexity index is 510. The van der Waals surface area contributed by atoms with Gasteiger partial charge in [-0.05, 0) is 56.5 Å². The molecule has 1 aromatic rings. The van der Waals surface area contributed by atoms with Gasteiger partial charge in [-0.2, -0.15) is 0 Å². The molecule has 2 aliphatic rings. The largest absolute Gasteiger partial charge is 0.385 e. The lowest BCUT2D eigenvalue weighted by Crippen LogP contribution is -2.64. The maximum absolute atomic E-state index is 13.1. The zero-order valence-electron chi connectivity index (χ0n) is 13.7. The van der Waals surface area contributed by atoms with Crippen LogP contribution in [0, 0.1) is 11.7 Å². The average molecular weight is 322 g/mol. The molecule has 1 aromatic carbocycles. The van der Waals surface area contributed by atoms with Crippen LogP contribution in [0.25, 0.3) is 0 Å². The van der Waals surface area contributed by atoms with Crippen LogP contribution in [-0.4, -0.2) is 42.5 Å². The van der Waals surface area contributed by atoms with Crippen molar-refractivity contribution in [3.05, 3.63) is 30.1 Å². The fourth-order valence-corrected chi connectivity index (χ4v) is 4.03. The van der Waals surface area contributed by atoms with Crippen molar-refractivity contribution < 1.29 is 14.2 Å². The number of aliphatic hydroxyl groups is 1. The molecule has 23 heavy (non-hydrogen) atoms. The van der Waals surface area contributed by atoms with Crippen LogP contribution in [0.5, 0.6) is 0 Å². The summed E-state index contributed by atoms with van der Waals surface area (Å²) in [6.07, 6.45) is 3.40. The summed E-state index contributed by atoms with van der Waals surface area (Å²) in [5.74, 6) is 0.0917. The number of hydrogen-bond acceptors (Lipinski definition) is 4. The van der Waals surface area contributed by atoms with E-state index in [1.807, 2.05) is 0 Å². The van der Waals surface area contributed by atoms with Crippen molar-refractivity contribution in [1.29, 1.82) is 0 Å². The van der Waals surface area contributed by atoms with E-state index < -0.39 is 5.60 Å². The van der Waals surface area contributed by atoms with Gasteiger partial charge in [-0.3, -0.25) is 0 Å². The fourth-order valence-electron chi connectivity index (χ4n) is 4.03. The second kappa shape index (κ2) is 7.16. The molecule has 0 amide bonds. The molecule has 0 radical (unpaired) electrons. The van der Waals surface area contributed by atoms with Gasteiger partial charge in [0.15, 0.2) is 0 Å². The first kappa shape index (κ1) is 16.7. The molecule has 1 heterocycles. The number of anilines is 1. The number of benzene rings is 1. The van der Waals surface area contributed by atoms with Gasteiger partial charge in [0.05, 0.1) is 12.1 Å². The van der Waals surface area contributed by atoms with Crippen molar-refractivity contribution in [3.63, 3.8) is 0 Å². The highest BCUT2D eigenvalue weighted by molar-refractivity contribution is 5.45. The van der Waals surface area contributed by atoms with E-state index in [9.17, 15) is 9.50 Å². The predicted molar refractivity (Wildman–Crippen MR) is 89.0 cm³/mol. The SMILES string of the molecule is CCNC[C@@H]1CC[C@H](Nc2ccc(F)cc2)[C@]2(O)CCCO[C@H]12. The molecule has 0 spiro atoms. The standard InChI is InChI=1S/C18H27FN2O2/c1-2-20-12-13-4-9-16(18(22)10-3-11-23-17(13)18)21-15-7-5-14(19)6-8-15/h5-8,13,16-17,20-22H,2-4,9-12H2,1H3/t13-,16-,17+,18+/m0/s1. The lowest BCUT2D eigenvalue weighted by atomic mass is 9.68. The Hall–Kier alpha value is -1.17. The van der Waals surface area contributed by atoms with Crippen molar-refractivity contribution in [2.24, 2.45) is 5.92 Å². The highest BCUT2D eigenvalue weighted by Gasteiger charge is 2.52. The topological polar surface area (TPSA) is 53.5 Å². The molecule has 1 aliphatic heterocycles. The Balaban J connectivity index is 1.75. The molecule has 5 heteroatoms. The second-order valence-electron chi connectivity index (χ2n) is 6.74. The Morgan fingerprint density at radius 3 is 2.83 bits per heavy atom. The van der Waals surface area contributed by atoms with Gasteiger partial charge >= 0.3 is 0 Å². The first-order chi connectivity index (χ1) is 11.1. The monoisotopic (exact) mass is 322 g/mol. The van der Waals surface area contributed by atoms with Crippen molar-refractivity contribution in [1.82, 2.24) is 5.32 Å². The number of halogens is 1. The summed E-state index contributed by atoms with van der Waals surface area (Å²) in [6.45, 7) is 4.63. The van der Waals surface area contributed by atoms with Gasteiger partial charge in [-0.1, -0.05) is 6.92 Å². The lowest BCUT2D eigenvalue weighted by Gasteiger charge is -2.52. The second-order valence-corrected chi connectivity index (χ2v) is 6.74. The minimum atomic E-state index is -0.856. The quantitative estimate of drug-likeness (QED) is 0.780. The van der Waals surface area contributed by atoms with Crippen LogP contribution in [-0.2, 0) is 4.74 Å². The van der Waals surface area contributed by atoms with Crippen LogP contribution in [0.1, 0.15) is 32.6 Å². The molecule has 1 aliphatic carbocycles. The Morgan fingerprint density at radius 1 is 1.30 bits per heavy atom.